The molecule has 1 aliphatic heterocycles. The van der Waals surface area contributed by atoms with Crippen LogP contribution in [-0.2, 0) is 4.79 Å². The van der Waals surface area contributed by atoms with Crippen LogP contribution in [0.5, 0.6) is 0 Å². The molecule has 0 unspecified atom stereocenters. The van der Waals surface area contributed by atoms with Gasteiger partial charge in [0.05, 0.1) is 0 Å². The Hall–Kier alpha value is -1.65. The first-order valence-corrected chi connectivity index (χ1v) is 9.00. The predicted octanol–water partition coefficient (Wildman–Crippen LogP) is 3.30. The van der Waals surface area contributed by atoms with Crippen molar-refractivity contribution in [2.75, 3.05) is 31.1 Å². The van der Waals surface area contributed by atoms with Crippen molar-refractivity contribution in [3.05, 3.63) is 17.1 Å². The molecule has 1 aromatic heterocycles. The van der Waals surface area contributed by atoms with Crippen molar-refractivity contribution in [3.8, 4) is 0 Å². The number of rotatable bonds is 2. The topological polar surface area (TPSA) is 49.3 Å². The first-order valence-electron chi connectivity index (χ1n) is 9.00. The van der Waals surface area contributed by atoms with Gasteiger partial charge in [-0.05, 0) is 26.2 Å². The van der Waals surface area contributed by atoms with Crippen molar-refractivity contribution in [3.63, 3.8) is 0 Å². The summed E-state index contributed by atoms with van der Waals surface area (Å²) in [5.41, 5.74) is 1.98. The fourth-order valence-corrected chi connectivity index (χ4v) is 3.43. The maximum absolute atomic E-state index is 12.6. The highest BCUT2D eigenvalue weighted by atomic mass is 16.2. The highest BCUT2D eigenvalue weighted by Crippen LogP contribution is 2.29. The molecule has 2 heterocycles. The van der Waals surface area contributed by atoms with Crippen LogP contribution in [-0.4, -0.2) is 47.0 Å². The molecule has 5 nitrogen and oxygen atoms in total. The fourth-order valence-electron chi connectivity index (χ4n) is 3.43. The van der Waals surface area contributed by atoms with Gasteiger partial charge in [-0.15, -0.1) is 0 Å². The van der Waals surface area contributed by atoms with Gasteiger partial charge in [-0.1, -0.05) is 34.6 Å². The molecule has 1 aromatic rings. The zero-order chi connectivity index (χ0) is 18.1. The van der Waals surface area contributed by atoms with Gasteiger partial charge in [-0.3, -0.25) is 4.79 Å². The van der Waals surface area contributed by atoms with Crippen LogP contribution in [0.1, 0.15) is 64.0 Å². The third-order valence-electron chi connectivity index (χ3n) is 4.53. The molecule has 1 saturated heterocycles. The molecule has 0 radical (unpaired) electrons. The summed E-state index contributed by atoms with van der Waals surface area (Å²) in [5.74, 6) is 2.50. The van der Waals surface area contributed by atoms with E-state index in [4.69, 9.17) is 4.98 Å². The minimum absolute atomic E-state index is 0.239. The molecule has 1 fully saturated rings. The lowest BCUT2D eigenvalue weighted by Crippen LogP contribution is -2.41. The highest BCUT2D eigenvalue weighted by Gasteiger charge is 2.29. The van der Waals surface area contributed by atoms with E-state index in [1.54, 1.807) is 0 Å². The molecule has 134 valence electrons. The number of aryl methyl sites for hydroxylation is 2. The van der Waals surface area contributed by atoms with Crippen LogP contribution in [0.2, 0.25) is 0 Å². The van der Waals surface area contributed by atoms with Gasteiger partial charge in [0.15, 0.2) is 0 Å². The van der Waals surface area contributed by atoms with E-state index in [1.165, 1.54) is 5.56 Å². The number of hydrogen-bond acceptors (Lipinski definition) is 4. The largest absolute Gasteiger partial charge is 0.354 e. The summed E-state index contributed by atoms with van der Waals surface area (Å²) in [5, 5.41) is 0. The molecule has 0 N–H and O–H groups in total. The lowest BCUT2D eigenvalue weighted by atomic mass is 9.94. The molecule has 0 atom stereocenters. The van der Waals surface area contributed by atoms with Crippen molar-refractivity contribution >= 4 is 11.7 Å². The number of carbonyl (C=O) groups excluding carboxylic acids is 1. The van der Waals surface area contributed by atoms with Crippen molar-refractivity contribution < 1.29 is 4.79 Å². The molecule has 0 bridgehead atoms. The summed E-state index contributed by atoms with van der Waals surface area (Å²) < 4.78 is 0. The van der Waals surface area contributed by atoms with Gasteiger partial charge in [0.2, 0.25) is 5.91 Å². The minimum Gasteiger partial charge on any atom is -0.354 e. The average molecular weight is 332 g/mol. The second-order valence-corrected chi connectivity index (χ2v) is 8.13. The van der Waals surface area contributed by atoms with Crippen molar-refractivity contribution in [1.82, 2.24) is 14.9 Å². The van der Waals surface area contributed by atoms with E-state index < -0.39 is 0 Å². The molecule has 2 rings (SSSR count). The molecular weight excluding hydrogens is 300 g/mol. The highest BCUT2D eigenvalue weighted by molar-refractivity contribution is 5.81. The van der Waals surface area contributed by atoms with Crippen LogP contribution in [0.25, 0.3) is 0 Å². The monoisotopic (exact) mass is 332 g/mol. The van der Waals surface area contributed by atoms with E-state index in [1.807, 2.05) is 32.6 Å². The Labute approximate surface area is 146 Å². The lowest BCUT2D eigenvalue weighted by Gasteiger charge is -2.29. The molecular formula is C19H32N4O. The molecule has 0 aromatic carbocycles. The van der Waals surface area contributed by atoms with E-state index in [0.717, 1.165) is 49.9 Å². The Morgan fingerprint density at radius 1 is 1.04 bits per heavy atom. The zero-order valence-electron chi connectivity index (χ0n) is 16.3. The first-order chi connectivity index (χ1) is 11.1. The summed E-state index contributed by atoms with van der Waals surface area (Å²) in [6, 6.07) is 0. The Morgan fingerprint density at radius 3 is 2.29 bits per heavy atom. The minimum atomic E-state index is -0.319. The van der Waals surface area contributed by atoms with Crippen molar-refractivity contribution in [1.29, 1.82) is 0 Å². The van der Waals surface area contributed by atoms with Crippen molar-refractivity contribution in [2.45, 2.75) is 60.8 Å². The van der Waals surface area contributed by atoms with Gasteiger partial charge in [-0.2, -0.15) is 0 Å². The number of carbonyl (C=O) groups is 1. The normalized spacial score (nSPS) is 16.5. The van der Waals surface area contributed by atoms with Crippen LogP contribution in [0.4, 0.5) is 5.82 Å². The van der Waals surface area contributed by atoms with Crippen LogP contribution in [0.15, 0.2) is 0 Å². The Kier molecular flexibility index (Phi) is 5.51. The van der Waals surface area contributed by atoms with Gasteiger partial charge in [0.25, 0.3) is 0 Å². The molecule has 5 heteroatoms. The Balaban J connectivity index is 2.25. The van der Waals surface area contributed by atoms with E-state index in [-0.39, 0.29) is 11.3 Å². The fraction of sp³-hybridized carbons (Fsp3) is 0.737. The van der Waals surface area contributed by atoms with E-state index in [9.17, 15) is 4.79 Å². The standard InChI is InChI=1S/C19H32N4O/c1-13(2)16-14(3)20-15(4)21-17(16)22-9-8-10-23(12-11-22)18(24)19(5,6)7/h13H,8-12H2,1-7H3. The van der Waals surface area contributed by atoms with Gasteiger partial charge >= 0.3 is 0 Å². The molecule has 0 saturated carbocycles. The second-order valence-electron chi connectivity index (χ2n) is 8.13. The molecule has 1 amide bonds. The predicted molar refractivity (Wildman–Crippen MR) is 98.5 cm³/mol. The van der Waals surface area contributed by atoms with Crippen LogP contribution in [0.3, 0.4) is 0 Å². The third kappa shape index (κ3) is 4.05. The first kappa shape index (κ1) is 18.7. The van der Waals surface area contributed by atoms with E-state index >= 15 is 0 Å². The molecule has 0 aliphatic carbocycles. The molecule has 24 heavy (non-hydrogen) atoms. The summed E-state index contributed by atoms with van der Waals surface area (Å²) >= 11 is 0. The van der Waals surface area contributed by atoms with Gasteiger partial charge in [-0.25, -0.2) is 9.97 Å². The number of amides is 1. The van der Waals surface area contributed by atoms with Crippen LogP contribution < -0.4 is 4.90 Å². The van der Waals surface area contributed by atoms with Gasteiger partial charge in [0, 0.05) is 42.9 Å². The van der Waals surface area contributed by atoms with Gasteiger partial charge in [0.1, 0.15) is 11.6 Å². The van der Waals surface area contributed by atoms with Crippen LogP contribution in [0, 0.1) is 19.3 Å². The number of hydrogen-bond donors (Lipinski definition) is 0. The van der Waals surface area contributed by atoms with Crippen LogP contribution >= 0.6 is 0 Å². The number of nitrogens with zero attached hydrogens (tertiary/aromatic N) is 4. The Bertz CT molecular complexity index is 604. The van der Waals surface area contributed by atoms with Gasteiger partial charge < -0.3 is 9.80 Å². The lowest BCUT2D eigenvalue weighted by molar-refractivity contribution is -0.139. The Morgan fingerprint density at radius 2 is 1.71 bits per heavy atom. The quantitative estimate of drug-likeness (QED) is 0.834. The molecule has 1 aliphatic rings. The zero-order valence-corrected chi connectivity index (χ0v) is 16.3. The SMILES string of the molecule is Cc1nc(C)c(C(C)C)c(N2CCCN(C(=O)C(C)(C)C)CC2)n1. The summed E-state index contributed by atoms with van der Waals surface area (Å²) in [7, 11) is 0. The maximum Gasteiger partial charge on any atom is 0.228 e. The van der Waals surface area contributed by atoms with E-state index in [0.29, 0.717) is 5.92 Å². The summed E-state index contributed by atoms with van der Waals surface area (Å²) in [6.45, 7) is 17.7. The third-order valence-corrected chi connectivity index (χ3v) is 4.53. The summed E-state index contributed by atoms with van der Waals surface area (Å²) in [6.07, 6.45) is 0.974. The molecule has 0 spiro atoms. The second kappa shape index (κ2) is 7.08. The number of aromatic nitrogens is 2. The smallest absolute Gasteiger partial charge is 0.228 e. The van der Waals surface area contributed by atoms with Crippen molar-refractivity contribution in [2.24, 2.45) is 5.41 Å². The maximum atomic E-state index is 12.6. The van der Waals surface area contributed by atoms with E-state index in [2.05, 4.69) is 30.7 Å². The number of anilines is 1. The average Bonchev–Trinajstić information content (AvgIpc) is 2.69. The summed E-state index contributed by atoms with van der Waals surface area (Å²) in [4.78, 5) is 26.2.